The maximum absolute atomic E-state index is 8.36. The third kappa shape index (κ3) is 3.21. The van der Waals surface area contributed by atoms with Crippen molar-refractivity contribution < 1.29 is 9.90 Å². The Bertz CT molecular complexity index is 545. The Kier molecular flexibility index (Phi) is 5.62. The first-order valence-corrected chi connectivity index (χ1v) is 5.30. The van der Waals surface area contributed by atoms with Crippen LogP contribution in [0.1, 0.15) is 0 Å². The Morgan fingerprint density at radius 1 is 0.722 bits per heavy atom. The predicted octanol–water partition coefficient (Wildman–Crippen LogP) is 2.78. The van der Waals surface area contributed by atoms with Crippen molar-refractivity contribution in [3.63, 3.8) is 0 Å². The van der Waals surface area contributed by atoms with Gasteiger partial charge < -0.3 is 5.11 Å². The quantitative estimate of drug-likeness (QED) is 0.378. The van der Waals surface area contributed by atoms with Crippen LogP contribution in [0.15, 0.2) is 60.7 Å². The molecule has 0 aliphatic rings. The van der Waals surface area contributed by atoms with E-state index in [0.29, 0.717) is 0 Å². The largest absolute Gasteiger partial charge is 0.483 e. The number of benzene rings is 3. The summed E-state index contributed by atoms with van der Waals surface area (Å²) in [5, 5.41) is 12.1. The van der Waals surface area contributed by atoms with Gasteiger partial charge in [0.05, 0.1) is 0 Å². The zero-order chi connectivity index (χ0) is 12.1. The van der Waals surface area contributed by atoms with Gasteiger partial charge in [-0.25, -0.2) is 0 Å². The lowest BCUT2D eigenvalue weighted by molar-refractivity contribution is -0.122. The Hall–Kier alpha value is -1.58. The topological polar surface area (TPSA) is 37.3 Å². The average molecular weight is 251 g/mol. The highest BCUT2D eigenvalue weighted by atomic mass is 24.3. The van der Waals surface area contributed by atoms with Gasteiger partial charge in [0.15, 0.2) is 0 Å². The molecule has 0 radical (unpaired) electrons. The second kappa shape index (κ2) is 6.99. The van der Waals surface area contributed by atoms with Crippen LogP contribution in [0.4, 0.5) is 0 Å². The normalized spacial score (nSPS) is 9.11. The van der Waals surface area contributed by atoms with E-state index < -0.39 is 0 Å². The second-order valence-corrected chi connectivity index (χ2v) is 3.65. The van der Waals surface area contributed by atoms with Crippen molar-refractivity contribution in [1.82, 2.24) is 0 Å². The third-order valence-corrected chi connectivity index (χ3v) is 2.61. The maximum atomic E-state index is 8.36. The smallest absolute Gasteiger partial charge is 0.316 e. The lowest BCUT2D eigenvalue weighted by Gasteiger charge is -2.00. The molecule has 0 heterocycles. The van der Waals surface area contributed by atoms with Gasteiger partial charge in [-0.2, -0.15) is 0 Å². The van der Waals surface area contributed by atoms with E-state index >= 15 is 0 Å². The summed E-state index contributed by atoms with van der Waals surface area (Å²) in [5.74, 6) is 0. The van der Waals surface area contributed by atoms with Gasteiger partial charge in [0.1, 0.15) is 0 Å². The zero-order valence-corrected chi connectivity index (χ0v) is 9.21. The van der Waals surface area contributed by atoms with E-state index in [1.165, 1.54) is 21.5 Å². The molecule has 0 unspecified atom stereocenters. The SMILES string of the molecule is O=CO.[MgH2].c1ccc2cc3ccccc3cc2c1. The molecule has 0 aromatic heterocycles. The van der Waals surface area contributed by atoms with Crippen molar-refractivity contribution in [1.29, 1.82) is 0 Å². The van der Waals surface area contributed by atoms with Gasteiger partial charge in [-0.05, 0) is 33.7 Å². The fourth-order valence-corrected chi connectivity index (χ4v) is 1.88. The summed E-state index contributed by atoms with van der Waals surface area (Å²) in [4.78, 5) is 8.36. The van der Waals surface area contributed by atoms with Crippen LogP contribution in [0.2, 0.25) is 0 Å². The summed E-state index contributed by atoms with van der Waals surface area (Å²) in [5.41, 5.74) is 0. The molecule has 1 N–H and O–H groups in total. The molecule has 3 aromatic rings. The summed E-state index contributed by atoms with van der Waals surface area (Å²) in [6, 6.07) is 21.4. The number of hydrogen-bond donors (Lipinski definition) is 1. The van der Waals surface area contributed by atoms with Crippen molar-refractivity contribution in [3.05, 3.63) is 60.7 Å². The van der Waals surface area contributed by atoms with E-state index in [1.54, 1.807) is 0 Å². The van der Waals surface area contributed by atoms with Crippen molar-refractivity contribution in [2.24, 2.45) is 0 Å². The zero-order valence-electron chi connectivity index (χ0n) is 9.21. The monoisotopic (exact) mass is 250 g/mol. The lowest BCUT2D eigenvalue weighted by Crippen LogP contribution is -1.74. The molecule has 3 aromatic carbocycles. The second-order valence-electron chi connectivity index (χ2n) is 3.65. The van der Waals surface area contributed by atoms with Crippen molar-refractivity contribution >= 4 is 51.1 Å². The molecule has 0 aliphatic carbocycles. The molecule has 0 atom stereocenters. The van der Waals surface area contributed by atoms with E-state index in [1.807, 2.05) is 0 Å². The standard InChI is InChI=1S/C14H10.CH2O2.Mg.2H/c1-2-6-12-10-14-8-4-3-7-13(14)9-11(12)5-1;2-1-3;;;/h1-10H;1H,(H,2,3);;;. The Labute approximate surface area is 121 Å². The van der Waals surface area contributed by atoms with Gasteiger partial charge in [0, 0.05) is 0 Å². The molecular formula is C15H14MgO2. The highest BCUT2D eigenvalue weighted by Crippen LogP contribution is 2.21. The van der Waals surface area contributed by atoms with Crippen molar-refractivity contribution in [2.75, 3.05) is 0 Å². The summed E-state index contributed by atoms with van der Waals surface area (Å²) in [6.45, 7) is -0.250. The van der Waals surface area contributed by atoms with E-state index in [4.69, 9.17) is 9.90 Å². The molecule has 3 rings (SSSR count). The number of rotatable bonds is 0. The van der Waals surface area contributed by atoms with Gasteiger partial charge in [-0.15, -0.1) is 0 Å². The summed E-state index contributed by atoms with van der Waals surface area (Å²) >= 11 is 0. The van der Waals surface area contributed by atoms with Crippen LogP contribution in [0.5, 0.6) is 0 Å². The minimum Gasteiger partial charge on any atom is -0.483 e. The molecule has 88 valence electrons. The fraction of sp³-hybridized carbons (Fsp3) is 0. The van der Waals surface area contributed by atoms with Crippen LogP contribution in [0.3, 0.4) is 0 Å². The number of carbonyl (C=O) groups is 1. The molecule has 0 aliphatic heterocycles. The maximum Gasteiger partial charge on any atom is 0.316 e. The van der Waals surface area contributed by atoms with Crippen LogP contribution in [-0.4, -0.2) is 34.6 Å². The molecule has 3 heteroatoms. The molecule has 0 fully saturated rings. The van der Waals surface area contributed by atoms with Crippen LogP contribution >= 0.6 is 0 Å². The van der Waals surface area contributed by atoms with Crippen LogP contribution in [-0.2, 0) is 4.79 Å². The number of carboxylic acid groups (broad SMARTS) is 1. The molecule has 0 bridgehead atoms. The van der Waals surface area contributed by atoms with Gasteiger partial charge in [-0.1, -0.05) is 48.5 Å². The van der Waals surface area contributed by atoms with Gasteiger partial charge in [-0.3, -0.25) is 4.79 Å². The molecular weight excluding hydrogens is 236 g/mol. The first-order valence-electron chi connectivity index (χ1n) is 5.30. The average Bonchev–Trinajstić information content (AvgIpc) is 2.37. The van der Waals surface area contributed by atoms with E-state index in [-0.39, 0.29) is 29.5 Å². The van der Waals surface area contributed by atoms with Gasteiger partial charge in [0.2, 0.25) is 0 Å². The van der Waals surface area contributed by atoms with E-state index in [2.05, 4.69) is 60.7 Å². The Morgan fingerprint density at radius 2 is 0.944 bits per heavy atom. The molecule has 0 saturated carbocycles. The van der Waals surface area contributed by atoms with Gasteiger partial charge in [0.25, 0.3) is 6.47 Å². The summed E-state index contributed by atoms with van der Waals surface area (Å²) in [6.07, 6.45) is 0. The number of hydrogen-bond acceptors (Lipinski definition) is 1. The predicted molar refractivity (Wildman–Crippen MR) is 78.7 cm³/mol. The lowest BCUT2D eigenvalue weighted by atomic mass is 10.0. The Balaban J connectivity index is 0.000000372. The van der Waals surface area contributed by atoms with Crippen molar-refractivity contribution in [3.8, 4) is 0 Å². The Morgan fingerprint density at radius 3 is 1.17 bits per heavy atom. The van der Waals surface area contributed by atoms with Crippen LogP contribution < -0.4 is 0 Å². The minimum absolute atomic E-state index is 0. The molecule has 18 heavy (non-hydrogen) atoms. The van der Waals surface area contributed by atoms with Crippen LogP contribution in [0.25, 0.3) is 21.5 Å². The van der Waals surface area contributed by atoms with E-state index in [9.17, 15) is 0 Å². The van der Waals surface area contributed by atoms with Crippen molar-refractivity contribution in [2.45, 2.75) is 0 Å². The fourth-order valence-electron chi connectivity index (χ4n) is 1.88. The molecule has 2 nitrogen and oxygen atoms in total. The number of fused-ring (bicyclic) bond motifs is 2. The third-order valence-electron chi connectivity index (χ3n) is 2.61. The first kappa shape index (κ1) is 14.5. The summed E-state index contributed by atoms with van der Waals surface area (Å²) < 4.78 is 0. The van der Waals surface area contributed by atoms with E-state index in [0.717, 1.165) is 0 Å². The highest BCUT2D eigenvalue weighted by Gasteiger charge is 1.95. The minimum atomic E-state index is -0.250. The van der Waals surface area contributed by atoms with Crippen LogP contribution in [0, 0.1) is 0 Å². The summed E-state index contributed by atoms with van der Waals surface area (Å²) in [7, 11) is 0. The molecule has 0 saturated heterocycles. The molecule has 0 amide bonds. The highest BCUT2D eigenvalue weighted by molar-refractivity contribution is 5.98. The first-order chi connectivity index (χ1) is 8.35. The van der Waals surface area contributed by atoms with Gasteiger partial charge >= 0.3 is 23.1 Å². The molecule has 0 spiro atoms.